The van der Waals surface area contributed by atoms with Gasteiger partial charge in [0.2, 0.25) is 5.91 Å². The fourth-order valence-corrected chi connectivity index (χ4v) is 2.64. The Balaban J connectivity index is 1.73. The number of fused-ring (bicyclic) bond motifs is 1. The van der Waals surface area contributed by atoms with Gasteiger partial charge in [0, 0.05) is 12.7 Å². The van der Waals surface area contributed by atoms with Crippen LogP contribution in [0, 0.1) is 13.8 Å². The normalized spacial score (nSPS) is 13.3. The maximum absolute atomic E-state index is 12.3. The number of carbonyl (C=O) groups is 2. The molecular formula is C19H20N2O3. The van der Waals surface area contributed by atoms with E-state index in [1.807, 2.05) is 44.2 Å². The van der Waals surface area contributed by atoms with Crippen LogP contribution in [0.4, 0.5) is 11.4 Å². The van der Waals surface area contributed by atoms with Crippen molar-refractivity contribution in [3.63, 3.8) is 0 Å². The monoisotopic (exact) mass is 324 g/mol. The van der Waals surface area contributed by atoms with Gasteiger partial charge in [0.25, 0.3) is 5.91 Å². The number of nitrogens with zero attached hydrogens (tertiary/aromatic N) is 1. The Kier molecular flexibility index (Phi) is 4.25. The SMILES string of the molecule is Cc1ccc(NC(=O)Cc2ccc3c(c2)N(C)C(=O)CO3)cc1C. The average Bonchev–Trinajstić information content (AvgIpc) is 2.55. The third-order valence-corrected chi connectivity index (χ3v) is 4.27. The largest absolute Gasteiger partial charge is 0.482 e. The first-order valence-corrected chi connectivity index (χ1v) is 7.83. The van der Waals surface area contributed by atoms with E-state index in [9.17, 15) is 9.59 Å². The topological polar surface area (TPSA) is 58.6 Å². The van der Waals surface area contributed by atoms with E-state index >= 15 is 0 Å². The third-order valence-electron chi connectivity index (χ3n) is 4.27. The van der Waals surface area contributed by atoms with Crippen LogP contribution in [0.2, 0.25) is 0 Å². The molecule has 0 atom stereocenters. The summed E-state index contributed by atoms with van der Waals surface area (Å²) >= 11 is 0. The number of rotatable bonds is 3. The van der Waals surface area contributed by atoms with Gasteiger partial charge >= 0.3 is 0 Å². The predicted molar refractivity (Wildman–Crippen MR) is 93.6 cm³/mol. The maximum atomic E-state index is 12.3. The summed E-state index contributed by atoms with van der Waals surface area (Å²) in [6, 6.07) is 11.3. The van der Waals surface area contributed by atoms with Gasteiger partial charge in [0.05, 0.1) is 12.1 Å². The van der Waals surface area contributed by atoms with Crippen LogP contribution >= 0.6 is 0 Å². The summed E-state index contributed by atoms with van der Waals surface area (Å²) in [6.07, 6.45) is 0.238. The number of ether oxygens (including phenoxy) is 1. The lowest BCUT2D eigenvalue weighted by atomic mass is 10.1. The third kappa shape index (κ3) is 3.25. The standard InChI is InChI=1S/C19H20N2O3/c1-12-4-6-15(8-13(12)2)20-18(22)10-14-5-7-17-16(9-14)21(3)19(23)11-24-17/h4-9H,10-11H2,1-3H3,(H,20,22). The zero-order valence-electron chi connectivity index (χ0n) is 14.1. The first-order chi connectivity index (χ1) is 11.4. The lowest BCUT2D eigenvalue weighted by Crippen LogP contribution is -2.35. The fourth-order valence-electron chi connectivity index (χ4n) is 2.64. The van der Waals surface area contributed by atoms with Crippen LogP contribution in [0.5, 0.6) is 5.75 Å². The van der Waals surface area contributed by atoms with Gasteiger partial charge in [-0.1, -0.05) is 12.1 Å². The lowest BCUT2D eigenvalue weighted by molar-refractivity contribution is -0.121. The van der Waals surface area contributed by atoms with E-state index in [0.717, 1.165) is 16.8 Å². The Hall–Kier alpha value is -2.82. The van der Waals surface area contributed by atoms with Crippen LogP contribution in [0.1, 0.15) is 16.7 Å². The fraction of sp³-hybridized carbons (Fsp3) is 0.263. The molecular weight excluding hydrogens is 304 g/mol. The van der Waals surface area contributed by atoms with Crippen molar-refractivity contribution in [2.45, 2.75) is 20.3 Å². The summed E-state index contributed by atoms with van der Waals surface area (Å²) in [5, 5.41) is 2.91. The number of likely N-dealkylation sites (N-methyl/N-ethyl adjacent to an activating group) is 1. The predicted octanol–water partition coefficient (Wildman–Crippen LogP) is 2.84. The molecule has 124 valence electrons. The molecule has 0 bridgehead atoms. The smallest absolute Gasteiger partial charge is 0.264 e. The number of amides is 2. The molecule has 2 amide bonds. The maximum Gasteiger partial charge on any atom is 0.264 e. The van der Waals surface area contributed by atoms with E-state index in [0.29, 0.717) is 11.4 Å². The summed E-state index contributed by atoms with van der Waals surface area (Å²) in [4.78, 5) is 25.5. The highest BCUT2D eigenvalue weighted by Gasteiger charge is 2.22. The summed E-state index contributed by atoms with van der Waals surface area (Å²) < 4.78 is 5.39. The molecule has 3 rings (SSSR count). The number of anilines is 2. The Bertz CT molecular complexity index is 814. The highest BCUT2D eigenvalue weighted by atomic mass is 16.5. The van der Waals surface area contributed by atoms with Gasteiger partial charge in [0.1, 0.15) is 5.75 Å². The van der Waals surface area contributed by atoms with Crippen LogP contribution in [0.25, 0.3) is 0 Å². The first-order valence-electron chi connectivity index (χ1n) is 7.83. The lowest BCUT2D eigenvalue weighted by Gasteiger charge is -2.26. The zero-order valence-corrected chi connectivity index (χ0v) is 14.1. The molecule has 0 radical (unpaired) electrons. The minimum absolute atomic E-state index is 0.0517. The van der Waals surface area contributed by atoms with Crippen LogP contribution in [-0.4, -0.2) is 25.5 Å². The molecule has 5 heteroatoms. The summed E-state index contributed by atoms with van der Waals surface area (Å²) in [5.74, 6) is 0.471. The zero-order chi connectivity index (χ0) is 17.3. The van der Waals surface area contributed by atoms with Gasteiger partial charge in [-0.25, -0.2) is 0 Å². The van der Waals surface area contributed by atoms with Crippen LogP contribution in [-0.2, 0) is 16.0 Å². The van der Waals surface area contributed by atoms with Crippen molar-refractivity contribution in [1.82, 2.24) is 0 Å². The number of hydrogen-bond acceptors (Lipinski definition) is 3. The van der Waals surface area contributed by atoms with Crippen molar-refractivity contribution in [2.75, 3.05) is 23.9 Å². The van der Waals surface area contributed by atoms with Crippen LogP contribution in [0.3, 0.4) is 0 Å². The van der Waals surface area contributed by atoms with Crippen molar-refractivity contribution in [3.8, 4) is 5.75 Å². The van der Waals surface area contributed by atoms with E-state index in [1.54, 1.807) is 18.0 Å². The molecule has 24 heavy (non-hydrogen) atoms. The molecule has 0 spiro atoms. The molecule has 0 unspecified atom stereocenters. The van der Waals surface area contributed by atoms with Crippen molar-refractivity contribution >= 4 is 23.2 Å². The molecule has 1 aliphatic rings. The molecule has 0 aliphatic carbocycles. The Labute approximate surface area is 141 Å². The number of carbonyl (C=O) groups excluding carboxylic acids is 2. The molecule has 0 aromatic heterocycles. The molecule has 2 aromatic carbocycles. The molecule has 0 saturated carbocycles. The number of nitrogens with one attached hydrogen (secondary N) is 1. The molecule has 1 aliphatic heterocycles. The van der Waals surface area contributed by atoms with E-state index in [2.05, 4.69) is 5.32 Å². The van der Waals surface area contributed by atoms with E-state index in [4.69, 9.17) is 4.74 Å². The Morgan fingerprint density at radius 3 is 2.71 bits per heavy atom. The van der Waals surface area contributed by atoms with Crippen LogP contribution < -0.4 is 15.0 Å². The van der Waals surface area contributed by atoms with Crippen molar-refractivity contribution in [1.29, 1.82) is 0 Å². The van der Waals surface area contributed by atoms with Gasteiger partial charge in [-0.2, -0.15) is 0 Å². The summed E-state index contributed by atoms with van der Waals surface area (Å²) in [7, 11) is 1.71. The molecule has 0 saturated heterocycles. The Morgan fingerprint density at radius 2 is 1.96 bits per heavy atom. The van der Waals surface area contributed by atoms with Gasteiger partial charge in [-0.05, 0) is 54.8 Å². The van der Waals surface area contributed by atoms with Gasteiger partial charge in [-0.15, -0.1) is 0 Å². The number of benzene rings is 2. The van der Waals surface area contributed by atoms with Gasteiger partial charge in [-0.3, -0.25) is 9.59 Å². The molecule has 0 fully saturated rings. The van der Waals surface area contributed by atoms with E-state index in [-0.39, 0.29) is 24.8 Å². The van der Waals surface area contributed by atoms with Gasteiger partial charge < -0.3 is 15.0 Å². The van der Waals surface area contributed by atoms with Crippen molar-refractivity contribution in [2.24, 2.45) is 0 Å². The number of aryl methyl sites for hydroxylation is 2. The highest BCUT2D eigenvalue weighted by Crippen LogP contribution is 2.32. The highest BCUT2D eigenvalue weighted by molar-refractivity contribution is 5.98. The summed E-state index contributed by atoms with van der Waals surface area (Å²) in [6.45, 7) is 4.10. The minimum Gasteiger partial charge on any atom is -0.482 e. The molecule has 1 heterocycles. The summed E-state index contributed by atoms with van der Waals surface area (Å²) in [5.41, 5.74) is 4.65. The average molecular weight is 324 g/mol. The van der Waals surface area contributed by atoms with Crippen LogP contribution in [0.15, 0.2) is 36.4 Å². The van der Waals surface area contributed by atoms with Crippen molar-refractivity contribution in [3.05, 3.63) is 53.1 Å². The molecule has 5 nitrogen and oxygen atoms in total. The second kappa shape index (κ2) is 6.35. The second-order valence-electron chi connectivity index (χ2n) is 6.07. The quantitative estimate of drug-likeness (QED) is 0.944. The Morgan fingerprint density at radius 1 is 1.17 bits per heavy atom. The van der Waals surface area contributed by atoms with Gasteiger partial charge in [0.15, 0.2) is 6.61 Å². The second-order valence-corrected chi connectivity index (χ2v) is 6.07. The van der Waals surface area contributed by atoms with E-state index < -0.39 is 0 Å². The molecule has 2 aromatic rings. The minimum atomic E-state index is -0.0979. The number of hydrogen-bond donors (Lipinski definition) is 1. The van der Waals surface area contributed by atoms with Crippen molar-refractivity contribution < 1.29 is 14.3 Å². The van der Waals surface area contributed by atoms with E-state index in [1.165, 1.54) is 5.56 Å². The molecule has 1 N–H and O–H groups in total. The first kappa shape index (κ1) is 16.1.